The maximum atomic E-state index is 11.6. The minimum Gasteiger partial charge on any atom is -0.338 e. The Morgan fingerprint density at radius 2 is 2.10 bits per heavy atom. The molecule has 1 aliphatic rings. The molecule has 5 nitrogen and oxygen atoms in total. The Morgan fingerprint density at radius 3 is 2.65 bits per heavy atom. The fourth-order valence-corrected chi connectivity index (χ4v) is 2.29. The van der Waals surface area contributed by atoms with E-state index in [0.29, 0.717) is 19.4 Å². The van der Waals surface area contributed by atoms with E-state index in [1.807, 2.05) is 29.2 Å². The number of benzene rings is 1. The summed E-state index contributed by atoms with van der Waals surface area (Å²) in [7, 11) is 0. The normalized spacial score (nSPS) is 16.3. The van der Waals surface area contributed by atoms with Gasteiger partial charge in [-0.25, -0.2) is 0 Å². The predicted octanol–water partition coefficient (Wildman–Crippen LogP) is 1.48. The van der Waals surface area contributed by atoms with Crippen LogP contribution >= 0.6 is 0 Å². The molecule has 1 saturated heterocycles. The van der Waals surface area contributed by atoms with Crippen LogP contribution in [0.1, 0.15) is 31.7 Å². The number of nitrogens with two attached hydrogens (primary N) is 1. The second-order valence-corrected chi connectivity index (χ2v) is 5.35. The molecule has 0 spiro atoms. The zero-order chi connectivity index (χ0) is 14.5. The fourth-order valence-electron chi connectivity index (χ4n) is 2.29. The molecule has 1 unspecified atom stereocenters. The van der Waals surface area contributed by atoms with Crippen molar-refractivity contribution < 1.29 is 9.59 Å². The Morgan fingerprint density at radius 1 is 1.40 bits per heavy atom. The lowest BCUT2D eigenvalue weighted by Crippen LogP contribution is -2.24. The number of amides is 2. The minimum absolute atomic E-state index is 0.0810. The smallest absolute Gasteiger partial charge is 0.225 e. The second-order valence-electron chi connectivity index (χ2n) is 5.35. The van der Waals surface area contributed by atoms with Crippen molar-refractivity contribution in [2.24, 2.45) is 5.73 Å². The van der Waals surface area contributed by atoms with Gasteiger partial charge in [0.1, 0.15) is 0 Å². The Bertz CT molecular complexity index is 482. The molecule has 108 valence electrons. The molecule has 1 fully saturated rings. The van der Waals surface area contributed by atoms with Crippen molar-refractivity contribution in [3.05, 3.63) is 29.8 Å². The van der Waals surface area contributed by atoms with Gasteiger partial charge in [-0.1, -0.05) is 12.1 Å². The molecule has 0 bridgehead atoms. The largest absolute Gasteiger partial charge is 0.338 e. The van der Waals surface area contributed by atoms with Gasteiger partial charge < -0.3 is 16.0 Å². The van der Waals surface area contributed by atoms with Gasteiger partial charge in [-0.05, 0) is 31.0 Å². The Hall–Kier alpha value is -1.88. The highest BCUT2D eigenvalue weighted by molar-refractivity contribution is 5.91. The summed E-state index contributed by atoms with van der Waals surface area (Å²) in [6.45, 7) is 3.29. The van der Waals surface area contributed by atoms with Gasteiger partial charge in [-0.2, -0.15) is 0 Å². The number of nitrogens with zero attached hydrogens (tertiary/aromatic N) is 1. The number of carbonyl (C=O) groups is 2. The Kier molecular flexibility index (Phi) is 4.74. The molecule has 1 aromatic rings. The van der Waals surface area contributed by atoms with E-state index in [9.17, 15) is 9.59 Å². The molecule has 20 heavy (non-hydrogen) atoms. The van der Waals surface area contributed by atoms with Crippen LogP contribution in [0.2, 0.25) is 0 Å². The molecule has 2 amide bonds. The fraction of sp³-hybridized carbons (Fsp3) is 0.467. The number of hydrogen-bond donors (Lipinski definition) is 2. The molecule has 5 heteroatoms. The summed E-state index contributed by atoms with van der Waals surface area (Å²) in [6, 6.07) is 7.44. The molecule has 0 aliphatic carbocycles. The van der Waals surface area contributed by atoms with E-state index < -0.39 is 0 Å². The van der Waals surface area contributed by atoms with E-state index in [-0.39, 0.29) is 17.9 Å². The lowest BCUT2D eigenvalue weighted by molar-refractivity contribution is -0.128. The van der Waals surface area contributed by atoms with Gasteiger partial charge in [0, 0.05) is 37.7 Å². The Labute approximate surface area is 119 Å². The van der Waals surface area contributed by atoms with E-state index in [0.717, 1.165) is 24.2 Å². The number of carbonyl (C=O) groups excluding carboxylic acids is 2. The Balaban J connectivity index is 1.89. The molecule has 0 aromatic heterocycles. The summed E-state index contributed by atoms with van der Waals surface area (Å²) in [5, 5.41) is 2.80. The van der Waals surface area contributed by atoms with Crippen LogP contribution in [-0.2, 0) is 16.1 Å². The average Bonchev–Trinajstić information content (AvgIpc) is 2.76. The summed E-state index contributed by atoms with van der Waals surface area (Å²) in [6.07, 6.45) is 1.92. The van der Waals surface area contributed by atoms with Crippen LogP contribution in [0.15, 0.2) is 24.3 Å². The van der Waals surface area contributed by atoms with Gasteiger partial charge >= 0.3 is 0 Å². The lowest BCUT2D eigenvalue weighted by atomic mass is 10.2. The van der Waals surface area contributed by atoms with E-state index in [4.69, 9.17) is 5.73 Å². The van der Waals surface area contributed by atoms with Crippen molar-refractivity contribution in [2.75, 3.05) is 11.9 Å². The molecule has 1 aliphatic heterocycles. The van der Waals surface area contributed by atoms with Crippen LogP contribution in [0.4, 0.5) is 5.69 Å². The molecule has 0 radical (unpaired) electrons. The molecule has 1 aromatic carbocycles. The topological polar surface area (TPSA) is 75.4 Å². The van der Waals surface area contributed by atoms with Crippen molar-refractivity contribution in [1.29, 1.82) is 0 Å². The molecule has 0 saturated carbocycles. The van der Waals surface area contributed by atoms with Gasteiger partial charge in [-0.15, -0.1) is 0 Å². The number of rotatable bonds is 5. The summed E-state index contributed by atoms with van der Waals surface area (Å²) in [4.78, 5) is 25.0. The second kappa shape index (κ2) is 6.52. The average molecular weight is 275 g/mol. The van der Waals surface area contributed by atoms with Gasteiger partial charge in [-0.3, -0.25) is 9.59 Å². The third-order valence-electron chi connectivity index (χ3n) is 3.29. The minimum atomic E-state index is -0.143. The molecule has 1 atom stereocenters. The standard InChI is InChI=1S/C15H21N3O2/c1-11(16)9-14(19)17-13-6-4-12(5-7-13)10-18-8-2-3-15(18)20/h4-7,11H,2-3,8-10,16H2,1H3,(H,17,19). The highest BCUT2D eigenvalue weighted by atomic mass is 16.2. The first-order valence-corrected chi connectivity index (χ1v) is 6.97. The first kappa shape index (κ1) is 14.5. The molecular formula is C15H21N3O2. The summed E-state index contributed by atoms with van der Waals surface area (Å²) < 4.78 is 0. The van der Waals surface area contributed by atoms with E-state index >= 15 is 0 Å². The van der Waals surface area contributed by atoms with E-state index in [1.165, 1.54) is 0 Å². The van der Waals surface area contributed by atoms with Crippen molar-refractivity contribution in [3.8, 4) is 0 Å². The number of nitrogens with one attached hydrogen (secondary N) is 1. The van der Waals surface area contributed by atoms with Crippen molar-refractivity contribution in [2.45, 2.75) is 38.8 Å². The van der Waals surface area contributed by atoms with E-state index in [2.05, 4.69) is 5.32 Å². The van der Waals surface area contributed by atoms with Crippen LogP contribution in [0.5, 0.6) is 0 Å². The van der Waals surface area contributed by atoms with Crippen LogP contribution in [0.25, 0.3) is 0 Å². The van der Waals surface area contributed by atoms with Crippen LogP contribution in [0, 0.1) is 0 Å². The van der Waals surface area contributed by atoms with Crippen molar-refractivity contribution in [3.63, 3.8) is 0 Å². The summed E-state index contributed by atoms with van der Waals surface area (Å²) >= 11 is 0. The third-order valence-corrected chi connectivity index (χ3v) is 3.29. The van der Waals surface area contributed by atoms with Gasteiger partial charge in [0.25, 0.3) is 0 Å². The molecule has 3 N–H and O–H groups in total. The lowest BCUT2D eigenvalue weighted by Gasteiger charge is -2.15. The highest BCUT2D eigenvalue weighted by Gasteiger charge is 2.19. The van der Waals surface area contributed by atoms with Crippen LogP contribution < -0.4 is 11.1 Å². The van der Waals surface area contributed by atoms with Crippen LogP contribution in [0.3, 0.4) is 0 Å². The van der Waals surface area contributed by atoms with Crippen LogP contribution in [-0.4, -0.2) is 29.3 Å². The van der Waals surface area contributed by atoms with Gasteiger partial charge in [0.15, 0.2) is 0 Å². The summed E-state index contributed by atoms with van der Waals surface area (Å²) in [5.74, 6) is 0.141. The van der Waals surface area contributed by atoms with Crippen molar-refractivity contribution in [1.82, 2.24) is 4.90 Å². The maximum Gasteiger partial charge on any atom is 0.225 e. The highest BCUT2D eigenvalue weighted by Crippen LogP contribution is 2.16. The van der Waals surface area contributed by atoms with Gasteiger partial charge in [0.2, 0.25) is 11.8 Å². The predicted molar refractivity (Wildman–Crippen MR) is 78.0 cm³/mol. The monoisotopic (exact) mass is 275 g/mol. The first-order valence-electron chi connectivity index (χ1n) is 6.97. The van der Waals surface area contributed by atoms with Crippen molar-refractivity contribution >= 4 is 17.5 Å². The zero-order valence-electron chi connectivity index (χ0n) is 11.8. The molecule has 2 rings (SSSR count). The number of likely N-dealkylation sites (tertiary alicyclic amines) is 1. The number of anilines is 1. The third kappa shape index (κ3) is 4.06. The van der Waals surface area contributed by atoms with Gasteiger partial charge in [0.05, 0.1) is 0 Å². The first-order chi connectivity index (χ1) is 9.54. The molecule has 1 heterocycles. The SMILES string of the molecule is CC(N)CC(=O)Nc1ccc(CN2CCCC2=O)cc1. The zero-order valence-corrected chi connectivity index (χ0v) is 11.8. The van der Waals surface area contributed by atoms with E-state index in [1.54, 1.807) is 6.92 Å². The number of hydrogen-bond acceptors (Lipinski definition) is 3. The quantitative estimate of drug-likeness (QED) is 0.854. The summed E-state index contributed by atoms with van der Waals surface area (Å²) in [5.41, 5.74) is 7.41. The maximum absolute atomic E-state index is 11.6. The molecular weight excluding hydrogens is 254 g/mol.